The fourth-order valence-electron chi connectivity index (χ4n) is 4.29. The molecular formula is C15H21BrN2. The zero-order valence-electron chi connectivity index (χ0n) is 11.3. The number of pyridine rings is 1. The van der Waals surface area contributed by atoms with Crippen molar-refractivity contribution in [2.45, 2.75) is 46.1 Å². The van der Waals surface area contributed by atoms with Gasteiger partial charge in [-0.2, -0.15) is 0 Å². The molecule has 2 nitrogen and oxygen atoms in total. The molecule has 2 aliphatic rings. The smallest absolute Gasteiger partial charge is 0.106 e. The van der Waals surface area contributed by atoms with Crippen LogP contribution in [0.15, 0.2) is 22.9 Å². The van der Waals surface area contributed by atoms with Gasteiger partial charge in [0.2, 0.25) is 0 Å². The zero-order chi connectivity index (χ0) is 13.0. The number of halogens is 1. The molecule has 1 aromatic rings. The summed E-state index contributed by atoms with van der Waals surface area (Å²) in [6, 6.07) is 4.68. The van der Waals surface area contributed by atoms with Crippen LogP contribution in [0.5, 0.6) is 0 Å². The van der Waals surface area contributed by atoms with Crippen LogP contribution in [0.25, 0.3) is 0 Å². The maximum absolute atomic E-state index is 4.31. The van der Waals surface area contributed by atoms with Gasteiger partial charge in [0.25, 0.3) is 0 Å². The lowest BCUT2D eigenvalue weighted by Gasteiger charge is -2.43. The number of fused-ring (bicyclic) bond motifs is 2. The van der Waals surface area contributed by atoms with Crippen molar-refractivity contribution in [1.82, 2.24) is 4.98 Å². The summed E-state index contributed by atoms with van der Waals surface area (Å²) < 4.78 is 0.895. The van der Waals surface area contributed by atoms with Crippen LogP contribution >= 0.6 is 15.9 Å². The summed E-state index contributed by atoms with van der Waals surface area (Å²) in [6.07, 6.45) is 6.07. The molecule has 1 heterocycles. The minimum Gasteiger partial charge on any atom is -0.380 e. The number of aromatic nitrogens is 1. The average Bonchev–Trinajstić information content (AvgIpc) is 2.78. The molecule has 2 fully saturated rings. The number of anilines is 1. The number of hydrogen-bond acceptors (Lipinski definition) is 2. The molecule has 98 valence electrons. The van der Waals surface area contributed by atoms with E-state index in [9.17, 15) is 0 Å². The van der Waals surface area contributed by atoms with E-state index in [1.807, 2.05) is 12.3 Å². The summed E-state index contributed by atoms with van der Waals surface area (Å²) in [5.74, 6) is 0.878. The number of hydrogen-bond donors (Lipinski definition) is 1. The Balaban J connectivity index is 1.86. The van der Waals surface area contributed by atoms with Gasteiger partial charge in [-0.25, -0.2) is 4.98 Å². The maximum Gasteiger partial charge on any atom is 0.106 e. The Morgan fingerprint density at radius 3 is 2.67 bits per heavy atom. The Hall–Kier alpha value is -0.570. The maximum atomic E-state index is 4.31. The van der Waals surface area contributed by atoms with Crippen LogP contribution in [0.3, 0.4) is 0 Å². The number of rotatable bonds is 2. The first-order valence-corrected chi connectivity index (χ1v) is 7.59. The topological polar surface area (TPSA) is 24.9 Å². The van der Waals surface area contributed by atoms with Gasteiger partial charge in [0.15, 0.2) is 0 Å². The minimum atomic E-state index is 0.389. The molecule has 0 spiro atoms. The summed E-state index contributed by atoms with van der Waals surface area (Å²) in [5, 5.41) is 3.75. The van der Waals surface area contributed by atoms with Gasteiger partial charge in [-0.05, 0) is 64.1 Å². The molecule has 0 radical (unpaired) electrons. The Bertz CT molecular complexity index is 449. The van der Waals surface area contributed by atoms with E-state index in [0.29, 0.717) is 16.9 Å². The zero-order valence-corrected chi connectivity index (χ0v) is 12.9. The standard InChI is InChI=1S/C15H21BrN2/c1-14(2)10-6-7-15(3,8-10)13(14)18-11-4-5-12(16)17-9-11/h4-5,9-10,13,18H,6-8H2,1-3H3/t10-,13?,15+/m0/s1. The highest BCUT2D eigenvalue weighted by Gasteiger charge is 2.59. The molecule has 3 heteroatoms. The van der Waals surface area contributed by atoms with Crippen molar-refractivity contribution in [3.63, 3.8) is 0 Å². The number of nitrogens with one attached hydrogen (secondary N) is 1. The fraction of sp³-hybridized carbons (Fsp3) is 0.667. The largest absolute Gasteiger partial charge is 0.380 e. The highest BCUT2D eigenvalue weighted by molar-refractivity contribution is 9.10. The van der Waals surface area contributed by atoms with Crippen LogP contribution in [-0.2, 0) is 0 Å². The second-order valence-electron chi connectivity index (χ2n) is 6.86. The predicted molar refractivity (Wildman–Crippen MR) is 78.6 cm³/mol. The monoisotopic (exact) mass is 308 g/mol. The Morgan fingerprint density at radius 1 is 1.33 bits per heavy atom. The molecule has 18 heavy (non-hydrogen) atoms. The van der Waals surface area contributed by atoms with Gasteiger partial charge in [0.05, 0.1) is 11.9 Å². The molecule has 2 aliphatic carbocycles. The van der Waals surface area contributed by atoms with Crippen molar-refractivity contribution in [2.24, 2.45) is 16.7 Å². The van der Waals surface area contributed by atoms with Crippen molar-refractivity contribution in [3.05, 3.63) is 22.9 Å². The van der Waals surface area contributed by atoms with Crippen LogP contribution in [0.4, 0.5) is 5.69 Å². The summed E-state index contributed by atoms with van der Waals surface area (Å²) >= 11 is 3.38. The first-order chi connectivity index (χ1) is 8.42. The average molecular weight is 309 g/mol. The molecule has 3 atom stereocenters. The van der Waals surface area contributed by atoms with Crippen LogP contribution < -0.4 is 5.32 Å². The lowest BCUT2D eigenvalue weighted by molar-refractivity contribution is 0.155. The molecule has 2 saturated carbocycles. The second-order valence-corrected chi connectivity index (χ2v) is 7.67. The van der Waals surface area contributed by atoms with Crippen LogP contribution in [0, 0.1) is 16.7 Å². The highest BCUT2D eigenvalue weighted by Crippen LogP contribution is 2.63. The van der Waals surface area contributed by atoms with E-state index in [1.165, 1.54) is 19.3 Å². The quantitative estimate of drug-likeness (QED) is 0.815. The summed E-state index contributed by atoms with van der Waals surface area (Å²) in [5.41, 5.74) is 1.99. The van der Waals surface area contributed by atoms with Gasteiger partial charge in [-0.3, -0.25) is 0 Å². The lowest BCUT2D eigenvalue weighted by atomic mass is 9.68. The van der Waals surface area contributed by atoms with E-state index in [2.05, 4.69) is 53.1 Å². The van der Waals surface area contributed by atoms with Crippen LogP contribution in [0.1, 0.15) is 40.0 Å². The third kappa shape index (κ3) is 1.78. The van der Waals surface area contributed by atoms with Crippen molar-refractivity contribution in [1.29, 1.82) is 0 Å². The third-order valence-corrected chi connectivity index (χ3v) is 5.78. The first-order valence-electron chi connectivity index (χ1n) is 6.80. The SMILES string of the molecule is CC1(C)C(Nc2ccc(Br)nc2)[C@]2(C)CC[C@H]1C2. The van der Waals surface area contributed by atoms with E-state index in [1.54, 1.807) is 0 Å². The minimum absolute atomic E-state index is 0.389. The molecule has 0 aliphatic heterocycles. The second kappa shape index (κ2) is 3.96. The normalized spacial score (nSPS) is 36.9. The molecule has 2 bridgehead atoms. The van der Waals surface area contributed by atoms with Gasteiger partial charge in [0.1, 0.15) is 4.60 Å². The van der Waals surface area contributed by atoms with E-state index < -0.39 is 0 Å². The van der Waals surface area contributed by atoms with Crippen molar-refractivity contribution in [3.8, 4) is 0 Å². The first kappa shape index (κ1) is 12.5. The molecule has 1 aromatic heterocycles. The molecule has 0 amide bonds. The highest BCUT2D eigenvalue weighted by atomic mass is 79.9. The molecule has 3 rings (SSSR count). The summed E-state index contributed by atoms with van der Waals surface area (Å²) in [4.78, 5) is 4.31. The summed E-state index contributed by atoms with van der Waals surface area (Å²) in [6.45, 7) is 7.30. The number of nitrogens with zero attached hydrogens (tertiary/aromatic N) is 1. The van der Waals surface area contributed by atoms with Gasteiger partial charge >= 0.3 is 0 Å². The van der Waals surface area contributed by atoms with Crippen molar-refractivity contribution in [2.75, 3.05) is 5.32 Å². The third-order valence-electron chi connectivity index (χ3n) is 5.31. The molecule has 0 aromatic carbocycles. The lowest BCUT2D eigenvalue weighted by Crippen LogP contribution is -2.45. The van der Waals surface area contributed by atoms with Crippen molar-refractivity contribution < 1.29 is 0 Å². The van der Waals surface area contributed by atoms with E-state index >= 15 is 0 Å². The fourth-order valence-corrected chi connectivity index (χ4v) is 4.52. The van der Waals surface area contributed by atoms with Gasteiger partial charge in [0, 0.05) is 6.04 Å². The molecule has 0 saturated heterocycles. The Labute approximate surface area is 118 Å². The van der Waals surface area contributed by atoms with E-state index in [4.69, 9.17) is 0 Å². The Kier molecular flexibility index (Phi) is 2.74. The van der Waals surface area contributed by atoms with Gasteiger partial charge in [-0.1, -0.05) is 20.8 Å². The Morgan fingerprint density at radius 2 is 2.11 bits per heavy atom. The van der Waals surface area contributed by atoms with Crippen LogP contribution in [-0.4, -0.2) is 11.0 Å². The van der Waals surface area contributed by atoms with E-state index in [0.717, 1.165) is 16.2 Å². The van der Waals surface area contributed by atoms with E-state index in [-0.39, 0.29) is 0 Å². The predicted octanol–water partition coefficient (Wildman–Crippen LogP) is 4.47. The van der Waals surface area contributed by atoms with Crippen LogP contribution in [0.2, 0.25) is 0 Å². The van der Waals surface area contributed by atoms with Gasteiger partial charge < -0.3 is 5.32 Å². The summed E-state index contributed by atoms with van der Waals surface area (Å²) in [7, 11) is 0. The molecular weight excluding hydrogens is 288 g/mol. The molecule has 1 unspecified atom stereocenters. The van der Waals surface area contributed by atoms with Crippen molar-refractivity contribution >= 4 is 21.6 Å². The van der Waals surface area contributed by atoms with Gasteiger partial charge in [-0.15, -0.1) is 0 Å². The molecule has 1 N–H and O–H groups in total.